The summed E-state index contributed by atoms with van der Waals surface area (Å²) in [5, 5.41) is 4.06. The van der Waals surface area contributed by atoms with E-state index in [2.05, 4.69) is 27.3 Å². The van der Waals surface area contributed by atoms with Crippen LogP contribution in [0.15, 0.2) is 108 Å². The van der Waals surface area contributed by atoms with E-state index >= 15 is 0 Å². The predicted molar refractivity (Wildman–Crippen MR) is 136 cm³/mol. The summed E-state index contributed by atoms with van der Waals surface area (Å²) in [5.74, 6) is -0.489. The first kappa shape index (κ1) is 20.6. The molecule has 0 saturated carbocycles. The maximum Gasteiger partial charge on any atom is 0.236 e. The van der Waals surface area contributed by atoms with Gasteiger partial charge in [-0.2, -0.15) is 0 Å². The fourth-order valence-corrected chi connectivity index (χ4v) is 5.14. The molecule has 1 amide bonds. The third-order valence-electron chi connectivity index (χ3n) is 5.29. The highest BCUT2D eigenvalue weighted by Crippen LogP contribution is 2.37. The van der Waals surface area contributed by atoms with Gasteiger partial charge in [-0.25, -0.2) is 4.98 Å². The second-order valence-electron chi connectivity index (χ2n) is 7.42. The smallest absolute Gasteiger partial charge is 0.236 e. The van der Waals surface area contributed by atoms with E-state index < -0.39 is 5.92 Å². The van der Waals surface area contributed by atoms with E-state index in [4.69, 9.17) is 4.98 Å². The zero-order valence-electron chi connectivity index (χ0n) is 17.0. The lowest BCUT2D eigenvalue weighted by Gasteiger charge is -2.19. The van der Waals surface area contributed by atoms with E-state index in [1.807, 2.05) is 97.1 Å². The Bertz CT molecular complexity index is 1310. The van der Waals surface area contributed by atoms with Crippen LogP contribution in [0.4, 0.5) is 5.69 Å². The molecule has 0 fully saturated rings. The van der Waals surface area contributed by atoms with E-state index in [9.17, 15) is 4.79 Å². The first-order chi connectivity index (χ1) is 15.7. The zero-order valence-corrected chi connectivity index (χ0v) is 19.4. The Morgan fingerprint density at radius 2 is 1.44 bits per heavy atom. The van der Waals surface area contributed by atoms with Crippen molar-refractivity contribution in [2.75, 3.05) is 5.32 Å². The molecule has 5 heteroatoms. The standard InChI is InChI=1S/C27H19BrN2OS/c28-20-15-16-22(21(17-20)27-30-23-13-7-8-14-24(23)32-27)29-26(31)25(18-9-3-1-4-10-18)19-11-5-2-6-12-19/h1-17,25H,(H,29,31). The van der Waals surface area contributed by atoms with Crippen molar-refractivity contribution >= 4 is 49.1 Å². The Hall–Kier alpha value is -3.28. The highest BCUT2D eigenvalue weighted by atomic mass is 79.9. The molecule has 0 spiro atoms. The minimum atomic E-state index is -0.413. The lowest BCUT2D eigenvalue weighted by molar-refractivity contribution is -0.116. The van der Waals surface area contributed by atoms with Gasteiger partial charge in [0, 0.05) is 10.0 Å². The second-order valence-corrected chi connectivity index (χ2v) is 9.37. The molecule has 5 rings (SSSR count). The van der Waals surface area contributed by atoms with Crippen LogP contribution >= 0.6 is 27.3 Å². The number of hydrogen-bond donors (Lipinski definition) is 1. The molecule has 0 bridgehead atoms. The van der Waals surface area contributed by atoms with Crippen LogP contribution in [0.2, 0.25) is 0 Å². The summed E-state index contributed by atoms with van der Waals surface area (Å²) >= 11 is 5.19. The number of thiazole rings is 1. The molecular formula is C27H19BrN2OS. The van der Waals surface area contributed by atoms with Gasteiger partial charge < -0.3 is 5.32 Å². The van der Waals surface area contributed by atoms with E-state index in [0.717, 1.165) is 42.1 Å². The molecule has 156 valence electrons. The van der Waals surface area contributed by atoms with Gasteiger partial charge in [-0.05, 0) is 41.5 Å². The number of carbonyl (C=O) groups is 1. The highest BCUT2D eigenvalue weighted by molar-refractivity contribution is 9.10. The maximum absolute atomic E-state index is 13.6. The van der Waals surface area contributed by atoms with Crippen molar-refractivity contribution in [3.8, 4) is 10.6 Å². The van der Waals surface area contributed by atoms with Crippen LogP contribution in [0.5, 0.6) is 0 Å². The van der Waals surface area contributed by atoms with Gasteiger partial charge >= 0.3 is 0 Å². The zero-order chi connectivity index (χ0) is 21.9. The number of fused-ring (bicyclic) bond motifs is 1. The van der Waals surface area contributed by atoms with Crippen LogP contribution in [0.25, 0.3) is 20.8 Å². The van der Waals surface area contributed by atoms with Crippen molar-refractivity contribution in [1.82, 2.24) is 4.98 Å². The summed E-state index contributed by atoms with van der Waals surface area (Å²) in [7, 11) is 0. The number of aromatic nitrogens is 1. The third kappa shape index (κ3) is 4.22. The molecule has 32 heavy (non-hydrogen) atoms. The van der Waals surface area contributed by atoms with Gasteiger partial charge in [0.1, 0.15) is 5.01 Å². The molecule has 0 aliphatic carbocycles. The Morgan fingerprint density at radius 3 is 2.09 bits per heavy atom. The maximum atomic E-state index is 13.6. The number of para-hydroxylation sites is 1. The molecule has 1 heterocycles. The second kappa shape index (κ2) is 9.07. The SMILES string of the molecule is O=C(Nc1ccc(Br)cc1-c1nc2ccccc2s1)C(c1ccccc1)c1ccccc1. The molecule has 0 radical (unpaired) electrons. The summed E-state index contributed by atoms with van der Waals surface area (Å²) in [5.41, 5.74) is 4.50. The number of hydrogen-bond acceptors (Lipinski definition) is 3. The van der Waals surface area contributed by atoms with Crippen molar-refractivity contribution in [2.45, 2.75) is 5.92 Å². The number of rotatable bonds is 5. The van der Waals surface area contributed by atoms with Crippen molar-refractivity contribution in [1.29, 1.82) is 0 Å². The molecule has 0 aliphatic heterocycles. The Morgan fingerprint density at radius 1 is 0.812 bits per heavy atom. The summed E-state index contributed by atoms with van der Waals surface area (Å²) in [6.07, 6.45) is 0. The van der Waals surface area contributed by atoms with Crippen molar-refractivity contribution < 1.29 is 4.79 Å². The van der Waals surface area contributed by atoms with Gasteiger partial charge in [0.05, 0.1) is 21.8 Å². The van der Waals surface area contributed by atoms with Crippen molar-refractivity contribution in [3.63, 3.8) is 0 Å². The van der Waals surface area contributed by atoms with Gasteiger partial charge in [-0.1, -0.05) is 88.7 Å². The monoisotopic (exact) mass is 498 g/mol. The molecule has 1 N–H and O–H groups in total. The number of carbonyl (C=O) groups excluding carboxylic acids is 1. The average molecular weight is 499 g/mol. The molecule has 3 nitrogen and oxygen atoms in total. The van der Waals surface area contributed by atoms with Gasteiger partial charge in [-0.15, -0.1) is 11.3 Å². The van der Waals surface area contributed by atoms with Crippen LogP contribution < -0.4 is 5.32 Å². The van der Waals surface area contributed by atoms with Crippen LogP contribution in [0.1, 0.15) is 17.0 Å². The quantitative estimate of drug-likeness (QED) is 0.272. The lowest BCUT2D eigenvalue weighted by Crippen LogP contribution is -2.22. The number of nitrogens with zero attached hydrogens (tertiary/aromatic N) is 1. The number of amides is 1. The van der Waals surface area contributed by atoms with E-state index in [-0.39, 0.29) is 5.91 Å². The number of anilines is 1. The lowest BCUT2D eigenvalue weighted by atomic mass is 9.90. The predicted octanol–water partition coefficient (Wildman–Crippen LogP) is 7.50. The van der Waals surface area contributed by atoms with Crippen LogP contribution in [-0.4, -0.2) is 10.9 Å². The summed E-state index contributed by atoms with van der Waals surface area (Å²) in [4.78, 5) is 18.4. The number of halogens is 1. The van der Waals surface area contributed by atoms with Crippen LogP contribution in [0, 0.1) is 0 Å². The average Bonchev–Trinajstić information content (AvgIpc) is 3.26. The van der Waals surface area contributed by atoms with E-state index in [1.54, 1.807) is 11.3 Å². The first-order valence-corrected chi connectivity index (χ1v) is 11.9. The number of benzene rings is 4. The van der Waals surface area contributed by atoms with Gasteiger partial charge in [0.15, 0.2) is 0 Å². The molecule has 1 aromatic heterocycles. The molecule has 4 aromatic carbocycles. The fraction of sp³-hybridized carbons (Fsp3) is 0.0370. The number of nitrogens with one attached hydrogen (secondary N) is 1. The fourth-order valence-electron chi connectivity index (χ4n) is 3.78. The van der Waals surface area contributed by atoms with Crippen LogP contribution in [-0.2, 0) is 4.79 Å². The Balaban J connectivity index is 1.55. The van der Waals surface area contributed by atoms with Gasteiger partial charge in [0.2, 0.25) is 5.91 Å². The molecule has 0 aliphatic rings. The molecule has 5 aromatic rings. The summed E-state index contributed by atoms with van der Waals surface area (Å²) < 4.78 is 2.05. The molecule has 0 atom stereocenters. The van der Waals surface area contributed by atoms with Crippen molar-refractivity contribution in [3.05, 3.63) is 119 Å². The Kier molecular flexibility index (Phi) is 5.84. The third-order valence-corrected chi connectivity index (χ3v) is 6.85. The van der Waals surface area contributed by atoms with Crippen molar-refractivity contribution in [2.24, 2.45) is 0 Å². The molecule has 0 unspecified atom stereocenters. The largest absolute Gasteiger partial charge is 0.325 e. The summed E-state index contributed by atoms with van der Waals surface area (Å²) in [6, 6.07) is 33.7. The highest BCUT2D eigenvalue weighted by Gasteiger charge is 2.24. The van der Waals surface area contributed by atoms with Crippen LogP contribution in [0.3, 0.4) is 0 Å². The topological polar surface area (TPSA) is 42.0 Å². The normalized spacial score (nSPS) is 11.1. The Labute approximate surface area is 198 Å². The first-order valence-electron chi connectivity index (χ1n) is 10.3. The molecule has 0 saturated heterocycles. The minimum Gasteiger partial charge on any atom is -0.325 e. The van der Waals surface area contributed by atoms with Gasteiger partial charge in [0.25, 0.3) is 0 Å². The minimum absolute atomic E-state index is 0.0768. The summed E-state index contributed by atoms with van der Waals surface area (Å²) in [6.45, 7) is 0. The molecular weight excluding hydrogens is 480 g/mol. The van der Waals surface area contributed by atoms with Gasteiger partial charge in [-0.3, -0.25) is 4.79 Å². The van der Waals surface area contributed by atoms with E-state index in [1.165, 1.54) is 0 Å². The van der Waals surface area contributed by atoms with E-state index in [0.29, 0.717) is 0 Å².